The lowest BCUT2D eigenvalue weighted by molar-refractivity contribution is -0.115. The van der Waals surface area contributed by atoms with Gasteiger partial charge in [-0.15, -0.1) is 10.2 Å². The number of amides is 1. The molecule has 0 fully saturated rings. The molecule has 3 heterocycles. The number of rotatable bonds is 6. The smallest absolute Gasteiger partial charge is 0.237 e. The molecule has 1 unspecified atom stereocenters. The number of para-hydroxylation sites is 1. The van der Waals surface area contributed by atoms with E-state index in [1.165, 1.54) is 11.8 Å². The van der Waals surface area contributed by atoms with E-state index in [0.29, 0.717) is 16.7 Å². The second-order valence-electron chi connectivity index (χ2n) is 6.46. The molecule has 9 heteroatoms. The number of hydrogen-bond donors (Lipinski definition) is 1. The third kappa shape index (κ3) is 4.10. The Bertz CT molecular complexity index is 1180. The van der Waals surface area contributed by atoms with Crippen LogP contribution in [0.15, 0.2) is 70.6 Å². The van der Waals surface area contributed by atoms with Crippen molar-refractivity contribution in [2.24, 2.45) is 0 Å². The fraction of sp³-hybridized carbons (Fsp3) is 0.143. The third-order valence-electron chi connectivity index (χ3n) is 4.42. The normalized spacial score (nSPS) is 12.0. The van der Waals surface area contributed by atoms with Crippen molar-refractivity contribution in [2.75, 3.05) is 5.32 Å². The zero-order valence-electron chi connectivity index (χ0n) is 16.2. The van der Waals surface area contributed by atoms with Crippen LogP contribution in [-0.2, 0) is 4.79 Å². The molecule has 0 radical (unpaired) electrons. The van der Waals surface area contributed by atoms with Gasteiger partial charge < -0.3 is 9.73 Å². The van der Waals surface area contributed by atoms with E-state index in [9.17, 15) is 4.79 Å². The number of aryl methyl sites for hydroxylation is 1. The molecule has 152 valence electrons. The van der Waals surface area contributed by atoms with Crippen LogP contribution in [-0.4, -0.2) is 30.9 Å². The van der Waals surface area contributed by atoms with Crippen LogP contribution in [0.5, 0.6) is 0 Å². The molecule has 7 nitrogen and oxygen atoms in total. The molecule has 0 bridgehead atoms. The molecule has 1 aromatic carbocycles. The van der Waals surface area contributed by atoms with E-state index in [1.807, 2.05) is 47.9 Å². The summed E-state index contributed by atoms with van der Waals surface area (Å²) in [6.45, 7) is 3.68. The monoisotopic (exact) mass is 439 g/mol. The van der Waals surface area contributed by atoms with Crippen LogP contribution in [0.4, 0.5) is 5.69 Å². The SMILES string of the molecule is Cc1occc1-c1nnc(SC(C)C(=O)Nc2cccnc2Cl)n1-c1ccccc1. The topological polar surface area (TPSA) is 85.8 Å². The van der Waals surface area contributed by atoms with Gasteiger partial charge in [-0.05, 0) is 44.2 Å². The van der Waals surface area contributed by atoms with E-state index in [2.05, 4.69) is 20.5 Å². The molecule has 0 spiro atoms. The summed E-state index contributed by atoms with van der Waals surface area (Å²) in [6, 6.07) is 15.0. The number of hydrogen-bond acceptors (Lipinski definition) is 6. The number of carbonyl (C=O) groups is 1. The van der Waals surface area contributed by atoms with Gasteiger partial charge in [0.15, 0.2) is 16.1 Å². The standard InChI is InChI=1S/C21H18ClN5O2S/c1-13-16(10-12-29-13)19-25-26-21(27(19)15-7-4-3-5-8-15)30-14(2)20(28)24-17-9-6-11-23-18(17)22/h3-12,14H,1-2H3,(H,24,28). The predicted molar refractivity (Wildman–Crippen MR) is 117 cm³/mol. The molecule has 4 aromatic rings. The fourth-order valence-corrected chi connectivity index (χ4v) is 3.91. The molecule has 1 N–H and O–H groups in total. The molecule has 0 aliphatic rings. The fourth-order valence-electron chi connectivity index (χ4n) is 2.87. The summed E-state index contributed by atoms with van der Waals surface area (Å²) in [5.74, 6) is 1.18. The van der Waals surface area contributed by atoms with Crippen LogP contribution in [0.3, 0.4) is 0 Å². The number of benzene rings is 1. The summed E-state index contributed by atoms with van der Waals surface area (Å²) in [6.07, 6.45) is 3.19. The maximum atomic E-state index is 12.7. The Morgan fingerprint density at radius 1 is 1.17 bits per heavy atom. The summed E-state index contributed by atoms with van der Waals surface area (Å²) in [4.78, 5) is 16.7. The van der Waals surface area contributed by atoms with Crippen molar-refractivity contribution in [1.29, 1.82) is 0 Å². The van der Waals surface area contributed by atoms with Gasteiger partial charge in [0.1, 0.15) is 5.76 Å². The van der Waals surface area contributed by atoms with Gasteiger partial charge in [0.05, 0.1) is 22.8 Å². The number of carbonyl (C=O) groups excluding carboxylic acids is 1. The zero-order chi connectivity index (χ0) is 21.1. The van der Waals surface area contributed by atoms with E-state index in [0.717, 1.165) is 17.0 Å². The Hall–Kier alpha value is -3.10. The Kier molecular flexibility index (Phi) is 5.87. The summed E-state index contributed by atoms with van der Waals surface area (Å²) in [7, 11) is 0. The Morgan fingerprint density at radius 2 is 1.97 bits per heavy atom. The number of nitrogens with zero attached hydrogens (tertiary/aromatic N) is 4. The molecule has 0 saturated heterocycles. The minimum absolute atomic E-state index is 0.210. The van der Waals surface area contributed by atoms with E-state index in [1.54, 1.807) is 31.5 Å². The highest BCUT2D eigenvalue weighted by molar-refractivity contribution is 8.00. The molecule has 30 heavy (non-hydrogen) atoms. The first kappa shape index (κ1) is 20.2. The van der Waals surface area contributed by atoms with Gasteiger partial charge in [-0.3, -0.25) is 9.36 Å². The predicted octanol–water partition coefficient (Wildman–Crippen LogP) is 5.00. The first-order chi connectivity index (χ1) is 14.5. The highest BCUT2D eigenvalue weighted by Crippen LogP contribution is 2.32. The van der Waals surface area contributed by atoms with E-state index in [-0.39, 0.29) is 11.1 Å². The van der Waals surface area contributed by atoms with Crippen molar-refractivity contribution in [3.63, 3.8) is 0 Å². The highest BCUT2D eigenvalue weighted by Gasteiger charge is 2.23. The number of thioether (sulfide) groups is 1. The van der Waals surface area contributed by atoms with Crippen LogP contribution in [0.1, 0.15) is 12.7 Å². The molecule has 4 rings (SSSR count). The number of aromatic nitrogens is 4. The van der Waals surface area contributed by atoms with Crippen molar-refractivity contribution < 1.29 is 9.21 Å². The third-order valence-corrected chi connectivity index (χ3v) is 5.76. The van der Waals surface area contributed by atoms with Crippen molar-refractivity contribution >= 4 is 35.0 Å². The largest absolute Gasteiger partial charge is 0.469 e. The summed E-state index contributed by atoms with van der Waals surface area (Å²) in [5, 5.41) is 11.9. The van der Waals surface area contributed by atoms with Crippen molar-refractivity contribution in [3.8, 4) is 17.1 Å². The van der Waals surface area contributed by atoms with Crippen LogP contribution in [0, 0.1) is 6.92 Å². The average molecular weight is 440 g/mol. The molecule has 0 aliphatic carbocycles. The number of halogens is 1. The van der Waals surface area contributed by atoms with Crippen LogP contribution in [0.2, 0.25) is 5.15 Å². The van der Waals surface area contributed by atoms with Crippen LogP contribution in [0.25, 0.3) is 17.1 Å². The quantitative estimate of drug-likeness (QED) is 0.336. The molecule has 1 amide bonds. The van der Waals surface area contributed by atoms with Gasteiger partial charge in [0.25, 0.3) is 0 Å². The van der Waals surface area contributed by atoms with Crippen LogP contribution >= 0.6 is 23.4 Å². The van der Waals surface area contributed by atoms with Gasteiger partial charge in [-0.2, -0.15) is 0 Å². The number of furan rings is 1. The molecular formula is C21H18ClN5O2S. The highest BCUT2D eigenvalue weighted by atomic mass is 35.5. The lowest BCUT2D eigenvalue weighted by Crippen LogP contribution is -2.23. The summed E-state index contributed by atoms with van der Waals surface area (Å²) < 4.78 is 7.37. The van der Waals surface area contributed by atoms with Gasteiger partial charge in [0, 0.05) is 11.9 Å². The number of nitrogens with one attached hydrogen (secondary N) is 1. The zero-order valence-corrected chi connectivity index (χ0v) is 17.8. The second kappa shape index (κ2) is 8.73. The van der Waals surface area contributed by atoms with Gasteiger partial charge in [-0.25, -0.2) is 4.98 Å². The van der Waals surface area contributed by atoms with Gasteiger partial charge in [0.2, 0.25) is 5.91 Å². The Morgan fingerprint density at radius 3 is 2.67 bits per heavy atom. The summed E-state index contributed by atoms with van der Waals surface area (Å²) >= 11 is 7.35. The van der Waals surface area contributed by atoms with Gasteiger partial charge >= 0.3 is 0 Å². The maximum Gasteiger partial charge on any atom is 0.237 e. The van der Waals surface area contributed by atoms with E-state index in [4.69, 9.17) is 16.0 Å². The molecular weight excluding hydrogens is 422 g/mol. The minimum atomic E-state index is -0.453. The number of pyridine rings is 1. The molecule has 3 aromatic heterocycles. The Labute approximate surface area is 182 Å². The second-order valence-corrected chi connectivity index (χ2v) is 8.12. The molecule has 0 aliphatic heterocycles. The summed E-state index contributed by atoms with van der Waals surface area (Å²) in [5.41, 5.74) is 2.21. The minimum Gasteiger partial charge on any atom is -0.469 e. The number of anilines is 1. The lowest BCUT2D eigenvalue weighted by Gasteiger charge is -2.14. The van der Waals surface area contributed by atoms with Crippen molar-refractivity contribution in [1.82, 2.24) is 19.7 Å². The van der Waals surface area contributed by atoms with Crippen LogP contribution < -0.4 is 5.32 Å². The first-order valence-corrected chi connectivity index (χ1v) is 10.4. The van der Waals surface area contributed by atoms with E-state index >= 15 is 0 Å². The maximum absolute atomic E-state index is 12.7. The van der Waals surface area contributed by atoms with Crippen molar-refractivity contribution in [2.45, 2.75) is 24.3 Å². The molecule has 0 saturated carbocycles. The lowest BCUT2D eigenvalue weighted by atomic mass is 10.2. The van der Waals surface area contributed by atoms with E-state index < -0.39 is 5.25 Å². The van der Waals surface area contributed by atoms with Crippen molar-refractivity contribution in [3.05, 3.63) is 71.9 Å². The first-order valence-electron chi connectivity index (χ1n) is 9.18. The van der Waals surface area contributed by atoms with Gasteiger partial charge in [-0.1, -0.05) is 41.6 Å². The average Bonchev–Trinajstić information content (AvgIpc) is 3.36. The Balaban J connectivity index is 1.64. The molecule has 1 atom stereocenters.